The molecule has 0 fully saturated rings. The largest absolute Gasteiger partial charge is 1.00 e. The van der Waals surface area contributed by atoms with E-state index in [0.29, 0.717) is 0 Å². The molecule has 0 aliphatic carbocycles. The molecule has 0 bridgehead atoms. The Labute approximate surface area is 292 Å². The first-order chi connectivity index (χ1) is 20.2. The summed E-state index contributed by atoms with van der Waals surface area (Å²) in [7, 11) is 3.31. The van der Waals surface area contributed by atoms with Crippen molar-refractivity contribution in [2.24, 2.45) is 0 Å². The van der Waals surface area contributed by atoms with Gasteiger partial charge >= 0.3 is 29.6 Å². The van der Waals surface area contributed by atoms with Crippen LogP contribution in [0.25, 0.3) is 0 Å². The van der Waals surface area contributed by atoms with E-state index in [4.69, 9.17) is 4.18 Å². The van der Waals surface area contributed by atoms with Crippen molar-refractivity contribution in [1.29, 1.82) is 0 Å². The molecular weight excluding hydrogens is 561 g/mol. The number of hydrogen-bond acceptors (Lipinski definition) is 3. The van der Waals surface area contributed by atoms with Crippen molar-refractivity contribution in [2.45, 2.75) is 173 Å². The van der Waals surface area contributed by atoms with Gasteiger partial charge in [0.1, 0.15) is 0 Å². The van der Waals surface area contributed by atoms with Gasteiger partial charge in [0, 0.05) is 0 Å². The Balaban J connectivity index is 0. The Bertz CT molecular complexity index is 781. The van der Waals surface area contributed by atoms with Gasteiger partial charge in [0.2, 0.25) is 0 Å². The SMILES string of the molecule is CCCCCCCCCCCCCCCC[N+](C)(C)C.CCCCCCCCCCCCOS(=O)(=O)c1ccccc1.[Na+]. The Kier molecular flexibility index (Phi) is 33.7. The van der Waals surface area contributed by atoms with Crippen LogP contribution in [0.3, 0.4) is 0 Å². The van der Waals surface area contributed by atoms with Crippen molar-refractivity contribution in [3.63, 3.8) is 0 Å². The predicted molar refractivity (Wildman–Crippen MR) is 185 cm³/mol. The molecule has 0 aromatic heterocycles. The first-order valence-electron chi connectivity index (χ1n) is 18.0. The van der Waals surface area contributed by atoms with Crippen LogP contribution in [0.15, 0.2) is 35.2 Å². The quantitative estimate of drug-likeness (QED) is 0.0402. The Morgan fingerprint density at radius 3 is 1.19 bits per heavy atom. The van der Waals surface area contributed by atoms with Gasteiger partial charge in [-0.25, -0.2) is 0 Å². The molecule has 0 aliphatic heterocycles. The standard InChI is InChI=1S/C19H42N.C18H30O3S.Na/c1-5-6-7-8-9-10-11-12-13-14-15-16-17-18-19-20(2,3)4;1-2-3-4-5-6-7-8-9-10-14-17-21-22(19,20)18-15-12-11-13-16-18;/h5-19H2,1-4H3;11-13,15-16H,2-10,14,17H2,1H3;/q+1;;+1. The smallest absolute Gasteiger partial charge is 0.331 e. The molecule has 0 heterocycles. The van der Waals surface area contributed by atoms with Gasteiger partial charge < -0.3 is 4.48 Å². The van der Waals surface area contributed by atoms with Gasteiger partial charge in [-0.1, -0.05) is 167 Å². The molecule has 43 heavy (non-hydrogen) atoms. The molecule has 0 radical (unpaired) electrons. The van der Waals surface area contributed by atoms with Gasteiger partial charge in [0.15, 0.2) is 0 Å². The second-order valence-electron chi connectivity index (χ2n) is 13.4. The van der Waals surface area contributed by atoms with E-state index in [-0.39, 0.29) is 41.1 Å². The van der Waals surface area contributed by atoms with Gasteiger partial charge in [-0.2, -0.15) is 8.42 Å². The van der Waals surface area contributed by atoms with E-state index >= 15 is 0 Å². The zero-order chi connectivity index (χ0) is 31.2. The summed E-state index contributed by atoms with van der Waals surface area (Å²) in [6.45, 7) is 6.15. The molecule has 4 nitrogen and oxygen atoms in total. The fraction of sp³-hybridized carbons (Fsp3) is 0.838. The Morgan fingerprint density at radius 1 is 0.512 bits per heavy atom. The summed E-state index contributed by atoms with van der Waals surface area (Å²) in [6, 6.07) is 8.33. The minimum absolute atomic E-state index is 0. The number of nitrogens with zero attached hydrogens (tertiary/aromatic N) is 1. The first-order valence-corrected chi connectivity index (χ1v) is 19.4. The topological polar surface area (TPSA) is 43.4 Å². The van der Waals surface area contributed by atoms with Crippen LogP contribution in [0.5, 0.6) is 0 Å². The summed E-state index contributed by atoms with van der Waals surface area (Å²) in [6.07, 6.45) is 32.6. The number of rotatable bonds is 28. The summed E-state index contributed by atoms with van der Waals surface area (Å²) in [5.41, 5.74) is 0. The molecule has 0 saturated carbocycles. The van der Waals surface area contributed by atoms with Crippen molar-refractivity contribution in [3.05, 3.63) is 30.3 Å². The van der Waals surface area contributed by atoms with Crippen LogP contribution in [0, 0.1) is 0 Å². The average molecular weight is 634 g/mol. The van der Waals surface area contributed by atoms with E-state index in [9.17, 15) is 8.42 Å². The summed E-state index contributed by atoms with van der Waals surface area (Å²) >= 11 is 0. The molecule has 0 N–H and O–H groups in total. The van der Waals surface area contributed by atoms with Crippen molar-refractivity contribution >= 4 is 10.1 Å². The maximum Gasteiger partial charge on any atom is 1.00 e. The van der Waals surface area contributed by atoms with E-state index in [0.717, 1.165) is 17.3 Å². The van der Waals surface area contributed by atoms with Gasteiger partial charge in [-0.3, -0.25) is 4.18 Å². The Morgan fingerprint density at radius 2 is 0.837 bits per heavy atom. The van der Waals surface area contributed by atoms with Crippen molar-refractivity contribution in [1.82, 2.24) is 0 Å². The summed E-state index contributed by atoms with van der Waals surface area (Å²) in [5.74, 6) is 0. The number of benzene rings is 1. The van der Waals surface area contributed by atoms with Gasteiger partial charge in [-0.15, -0.1) is 0 Å². The molecule has 0 spiro atoms. The van der Waals surface area contributed by atoms with Crippen molar-refractivity contribution < 1.29 is 46.6 Å². The minimum Gasteiger partial charge on any atom is -0.331 e. The third-order valence-corrected chi connectivity index (χ3v) is 9.28. The van der Waals surface area contributed by atoms with Gasteiger partial charge in [0.25, 0.3) is 10.1 Å². The van der Waals surface area contributed by atoms with Gasteiger partial charge in [-0.05, 0) is 31.4 Å². The summed E-state index contributed by atoms with van der Waals surface area (Å²) in [5, 5.41) is 0. The monoisotopic (exact) mass is 634 g/mol. The second kappa shape index (κ2) is 32.0. The molecule has 1 aromatic carbocycles. The first kappa shape index (κ1) is 45.2. The van der Waals surface area contributed by atoms with Crippen LogP contribution < -0.4 is 29.6 Å². The fourth-order valence-electron chi connectivity index (χ4n) is 5.19. The van der Waals surface area contributed by atoms with Crippen molar-refractivity contribution in [3.8, 4) is 0 Å². The maximum absolute atomic E-state index is 11.9. The normalized spacial score (nSPS) is 11.6. The van der Waals surface area contributed by atoms with Crippen LogP contribution in [-0.4, -0.2) is 47.2 Å². The zero-order valence-electron chi connectivity index (χ0n) is 29.9. The molecule has 1 rings (SSSR count). The maximum atomic E-state index is 11.9. The minimum atomic E-state index is -3.57. The zero-order valence-corrected chi connectivity index (χ0v) is 32.7. The van der Waals surface area contributed by atoms with Gasteiger partial charge in [0.05, 0.1) is 39.2 Å². The van der Waals surface area contributed by atoms with Crippen LogP contribution in [-0.2, 0) is 14.3 Å². The molecule has 0 atom stereocenters. The van der Waals surface area contributed by atoms with E-state index < -0.39 is 10.1 Å². The van der Waals surface area contributed by atoms with E-state index in [1.807, 2.05) is 0 Å². The van der Waals surface area contributed by atoms with Crippen LogP contribution in [0.2, 0.25) is 0 Å². The third kappa shape index (κ3) is 33.3. The van der Waals surface area contributed by atoms with Crippen LogP contribution in [0.4, 0.5) is 0 Å². The third-order valence-electron chi connectivity index (χ3n) is 7.95. The Hall–Kier alpha value is 0.0900. The molecule has 0 saturated heterocycles. The summed E-state index contributed by atoms with van der Waals surface area (Å²) < 4.78 is 29.9. The van der Waals surface area contributed by atoms with E-state index in [1.54, 1.807) is 30.3 Å². The second-order valence-corrected chi connectivity index (χ2v) is 15.0. The number of unbranched alkanes of at least 4 members (excludes halogenated alkanes) is 22. The van der Waals surface area contributed by atoms with Crippen molar-refractivity contribution in [2.75, 3.05) is 34.3 Å². The molecule has 0 aliphatic rings. The number of quaternary nitrogens is 1. The summed E-state index contributed by atoms with van der Waals surface area (Å²) in [4.78, 5) is 0.238. The number of hydrogen-bond donors (Lipinski definition) is 0. The molecular formula is C37H72NNaO3S+2. The predicted octanol–water partition coefficient (Wildman–Crippen LogP) is 8.49. The molecule has 6 heteroatoms. The fourth-order valence-corrected chi connectivity index (χ4v) is 6.16. The molecule has 0 unspecified atom stereocenters. The van der Waals surface area contributed by atoms with E-state index in [2.05, 4.69) is 35.0 Å². The molecule has 248 valence electrons. The molecule has 1 aromatic rings. The van der Waals surface area contributed by atoms with E-state index in [1.165, 1.54) is 148 Å². The average Bonchev–Trinajstić information content (AvgIpc) is 2.96. The molecule has 0 amide bonds. The van der Waals surface area contributed by atoms with Crippen LogP contribution >= 0.6 is 0 Å². The van der Waals surface area contributed by atoms with Crippen LogP contribution in [0.1, 0.15) is 168 Å².